The molecule has 0 atom stereocenters. The zero-order chi connectivity index (χ0) is 21.8. The van der Waals surface area contributed by atoms with Crippen molar-refractivity contribution in [1.82, 2.24) is 5.32 Å². The topological polar surface area (TPSA) is 67.9 Å². The molecule has 3 aromatic rings. The Kier molecular flexibility index (Phi) is 5.71. The summed E-state index contributed by atoms with van der Waals surface area (Å²) in [5.74, 6) is 1.17. The summed E-state index contributed by atoms with van der Waals surface area (Å²) >= 11 is 0. The molecule has 0 unspecified atom stereocenters. The van der Waals surface area contributed by atoms with Crippen molar-refractivity contribution in [2.24, 2.45) is 0 Å². The molecular formula is C25H22N2O4. The molecule has 1 heterocycles. The molecule has 3 aromatic carbocycles. The summed E-state index contributed by atoms with van der Waals surface area (Å²) in [5, 5.41) is 2.89. The van der Waals surface area contributed by atoms with E-state index in [1.807, 2.05) is 48.5 Å². The van der Waals surface area contributed by atoms with E-state index >= 15 is 0 Å². The zero-order valence-electron chi connectivity index (χ0n) is 17.3. The molecule has 6 nitrogen and oxygen atoms in total. The molecule has 156 valence electrons. The molecule has 0 fully saturated rings. The molecule has 1 aliphatic heterocycles. The molecule has 0 aromatic heterocycles. The van der Waals surface area contributed by atoms with Gasteiger partial charge in [0.15, 0.2) is 11.5 Å². The fourth-order valence-corrected chi connectivity index (χ4v) is 3.36. The highest BCUT2D eigenvalue weighted by Crippen LogP contribution is 2.34. The molecule has 0 radical (unpaired) electrons. The van der Waals surface area contributed by atoms with Crippen molar-refractivity contribution < 1.29 is 19.1 Å². The lowest BCUT2D eigenvalue weighted by atomic mass is 10.1. The number of carbonyl (C=O) groups excluding carboxylic acids is 2. The molecule has 0 spiro atoms. The van der Waals surface area contributed by atoms with Crippen LogP contribution in [0.3, 0.4) is 0 Å². The van der Waals surface area contributed by atoms with Crippen LogP contribution >= 0.6 is 0 Å². The van der Waals surface area contributed by atoms with Gasteiger partial charge >= 0.3 is 0 Å². The molecule has 1 aliphatic rings. The Labute approximate surface area is 180 Å². The Morgan fingerprint density at radius 1 is 1.03 bits per heavy atom. The predicted octanol–water partition coefficient (Wildman–Crippen LogP) is 4.02. The largest absolute Gasteiger partial charge is 0.496 e. The maximum atomic E-state index is 12.6. The molecule has 2 amide bonds. The number of rotatable bonds is 5. The van der Waals surface area contributed by atoms with E-state index in [0.29, 0.717) is 17.9 Å². The van der Waals surface area contributed by atoms with Crippen molar-refractivity contribution >= 4 is 23.6 Å². The number of carbonyl (C=O) groups is 2. The van der Waals surface area contributed by atoms with E-state index in [0.717, 1.165) is 22.6 Å². The minimum atomic E-state index is -0.225. The molecular weight excluding hydrogens is 392 g/mol. The summed E-state index contributed by atoms with van der Waals surface area (Å²) in [6.07, 6.45) is 1.67. The van der Waals surface area contributed by atoms with Gasteiger partial charge in [-0.25, -0.2) is 0 Å². The number of ether oxygens (including phenoxy) is 2. The fraction of sp³-hybridized carbons (Fsp3) is 0.120. The minimum Gasteiger partial charge on any atom is -0.496 e. The number of benzene rings is 3. The lowest BCUT2D eigenvalue weighted by Gasteiger charge is -2.27. The van der Waals surface area contributed by atoms with E-state index in [9.17, 15) is 9.59 Å². The second-order valence-electron chi connectivity index (χ2n) is 7.06. The number of hydrogen-bond donors (Lipinski definition) is 1. The number of anilines is 1. The van der Waals surface area contributed by atoms with E-state index in [2.05, 4.69) is 5.32 Å². The standard InChI is InChI=1S/C25H22N2O4/c1-27-20-8-4-6-10-22(20)31-23(25(27)29)15-17-11-13-18(14-12-17)24(28)26-16-19-7-3-5-9-21(19)30-2/h3-15H,16H2,1-2H3,(H,26,28). The van der Waals surface area contributed by atoms with Crippen LogP contribution in [0.2, 0.25) is 0 Å². The first kappa shape index (κ1) is 20.2. The summed E-state index contributed by atoms with van der Waals surface area (Å²) in [7, 11) is 3.32. The van der Waals surface area contributed by atoms with Crippen LogP contribution in [0, 0.1) is 0 Å². The summed E-state index contributed by atoms with van der Waals surface area (Å²) < 4.78 is 11.1. The van der Waals surface area contributed by atoms with Gasteiger partial charge in [0.05, 0.1) is 12.8 Å². The van der Waals surface area contributed by atoms with E-state index in [-0.39, 0.29) is 17.6 Å². The molecule has 31 heavy (non-hydrogen) atoms. The highest BCUT2D eigenvalue weighted by atomic mass is 16.5. The van der Waals surface area contributed by atoms with Gasteiger partial charge in [-0.15, -0.1) is 0 Å². The van der Waals surface area contributed by atoms with Gasteiger partial charge in [0.1, 0.15) is 5.75 Å². The zero-order valence-corrected chi connectivity index (χ0v) is 17.3. The van der Waals surface area contributed by atoms with Crippen molar-refractivity contribution in [2.75, 3.05) is 19.1 Å². The first-order valence-electron chi connectivity index (χ1n) is 9.83. The summed E-state index contributed by atoms with van der Waals surface area (Å²) in [5.41, 5.74) is 2.91. The highest BCUT2D eigenvalue weighted by Gasteiger charge is 2.27. The molecule has 1 N–H and O–H groups in total. The van der Waals surface area contributed by atoms with Gasteiger partial charge in [0, 0.05) is 24.7 Å². The summed E-state index contributed by atoms with van der Waals surface area (Å²) in [4.78, 5) is 26.7. The Hall–Kier alpha value is -4.06. The second-order valence-corrected chi connectivity index (χ2v) is 7.06. The van der Waals surface area contributed by atoms with Crippen molar-refractivity contribution in [1.29, 1.82) is 0 Å². The number of likely N-dealkylation sites (N-methyl/N-ethyl adjacent to an activating group) is 1. The molecule has 4 rings (SSSR count). The van der Waals surface area contributed by atoms with Crippen LogP contribution in [0.1, 0.15) is 21.5 Å². The first-order chi connectivity index (χ1) is 15.1. The third-order valence-electron chi connectivity index (χ3n) is 5.06. The number of nitrogens with one attached hydrogen (secondary N) is 1. The Bertz CT molecular complexity index is 1150. The lowest BCUT2D eigenvalue weighted by molar-refractivity contribution is -0.117. The first-order valence-corrected chi connectivity index (χ1v) is 9.83. The van der Waals surface area contributed by atoms with Gasteiger partial charge in [0.25, 0.3) is 11.8 Å². The minimum absolute atomic E-state index is 0.191. The van der Waals surface area contributed by atoms with Crippen LogP contribution in [0.15, 0.2) is 78.6 Å². The van der Waals surface area contributed by atoms with Gasteiger partial charge in [-0.3, -0.25) is 9.59 Å². The molecule has 0 saturated heterocycles. The predicted molar refractivity (Wildman–Crippen MR) is 119 cm³/mol. The van der Waals surface area contributed by atoms with Crippen molar-refractivity contribution in [3.63, 3.8) is 0 Å². The number of amides is 2. The normalized spacial score (nSPS) is 14.1. The van der Waals surface area contributed by atoms with Gasteiger partial charge < -0.3 is 19.7 Å². The average Bonchev–Trinajstić information content (AvgIpc) is 2.81. The molecule has 0 aliphatic carbocycles. The maximum absolute atomic E-state index is 12.6. The highest BCUT2D eigenvalue weighted by molar-refractivity contribution is 6.09. The van der Waals surface area contributed by atoms with E-state index in [1.165, 1.54) is 0 Å². The van der Waals surface area contributed by atoms with Crippen LogP contribution in [0.5, 0.6) is 11.5 Å². The van der Waals surface area contributed by atoms with Crippen LogP contribution in [0.4, 0.5) is 5.69 Å². The van der Waals surface area contributed by atoms with Gasteiger partial charge in [0.2, 0.25) is 0 Å². The SMILES string of the molecule is COc1ccccc1CNC(=O)c1ccc(C=C2Oc3ccccc3N(C)C2=O)cc1. The third-order valence-corrected chi connectivity index (χ3v) is 5.06. The van der Waals surface area contributed by atoms with Gasteiger partial charge in [-0.1, -0.05) is 42.5 Å². The smallest absolute Gasteiger partial charge is 0.293 e. The number of fused-ring (bicyclic) bond motifs is 1. The van der Waals surface area contributed by atoms with Crippen molar-refractivity contribution in [2.45, 2.75) is 6.54 Å². The monoisotopic (exact) mass is 414 g/mol. The lowest BCUT2D eigenvalue weighted by Crippen LogP contribution is -2.33. The van der Waals surface area contributed by atoms with Gasteiger partial charge in [-0.2, -0.15) is 0 Å². The Morgan fingerprint density at radius 3 is 2.52 bits per heavy atom. The summed E-state index contributed by atoms with van der Waals surface area (Å²) in [6, 6.07) is 21.9. The fourth-order valence-electron chi connectivity index (χ4n) is 3.36. The molecule has 6 heteroatoms. The second kappa shape index (κ2) is 8.75. The van der Waals surface area contributed by atoms with Crippen LogP contribution in [0.25, 0.3) is 6.08 Å². The van der Waals surface area contributed by atoms with Gasteiger partial charge in [-0.05, 0) is 42.0 Å². The van der Waals surface area contributed by atoms with E-state index in [4.69, 9.17) is 9.47 Å². The molecule has 0 bridgehead atoms. The van der Waals surface area contributed by atoms with Crippen molar-refractivity contribution in [3.8, 4) is 11.5 Å². The number of para-hydroxylation sites is 3. The molecule has 0 saturated carbocycles. The third kappa shape index (κ3) is 4.28. The number of hydrogen-bond acceptors (Lipinski definition) is 4. The van der Waals surface area contributed by atoms with Crippen LogP contribution in [-0.2, 0) is 11.3 Å². The van der Waals surface area contributed by atoms with Crippen molar-refractivity contribution in [3.05, 3.63) is 95.2 Å². The van der Waals surface area contributed by atoms with Crippen LogP contribution in [-0.4, -0.2) is 26.0 Å². The van der Waals surface area contributed by atoms with Crippen LogP contribution < -0.4 is 19.7 Å². The van der Waals surface area contributed by atoms with E-state index < -0.39 is 0 Å². The Morgan fingerprint density at radius 2 is 1.74 bits per heavy atom. The average molecular weight is 414 g/mol. The number of nitrogens with zero attached hydrogens (tertiary/aromatic N) is 1. The quantitative estimate of drug-likeness (QED) is 0.641. The van der Waals surface area contributed by atoms with E-state index in [1.54, 1.807) is 49.4 Å². The Balaban J connectivity index is 1.46. The maximum Gasteiger partial charge on any atom is 0.293 e. The number of methoxy groups -OCH3 is 1. The summed E-state index contributed by atoms with van der Waals surface area (Å²) in [6.45, 7) is 0.364.